The van der Waals surface area contributed by atoms with E-state index in [0.717, 1.165) is 0 Å². The third-order valence-electron chi connectivity index (χ3n) is 2.18. The van der Waals surface area contributed by atoms with Crippen LogP contribution in [0.2, 0.25) is 10.8 Å². The number of carbonyl (C=O) groups is 2. The Morgan fingerprint density at radius 1 is 1.44 bits per heavy atom. The molecule has 1 aromatic rings. The van der Waals surface area contributed by atoms with Crippen molar-refractivity contribution in [1.29, 1.82) is 0 Å². The number of benzene rings is 1. The highest BCUT2D eigenvalue weighted by atomic mass is 35.5. The van der Waals surface area contributed by atoms with Crippen LogP contribution in [0, 0.1) is 0 Å². The second kappa shape index (κ2) is 7.16. The molecule has 0 amide bonds. The SMILES string of the molecule is [B][C@H](COC(=O)c1ccc(Cl)cc1)C[C@H](F)C=O. The van der Waals surface area contributed by atoms with E-state index in [-0.39, 0.29) is 19.3 Å². The van der Waals surface area contributed by atoms with Gasteiger partial charge in [0.25, 0.3) is 0 Å². The summed E-state index contributed by atoms with van der Waals surface area (Å²) in [5.41, 5.74) is 0.332. The minimum Gasteiger partial charge on any atom is -0.463 e. The number of esters is 1. The predicted molar refractivity (Wildman–Crippen MR) is 66.8 cm³/mol. The molecular weight excluding hydrogens is 257 g/mol. The Labute approximate surface area is 111 Å². The first-order chi connectivity index (χ1) is 8.52. The Kier molecular flexibility index (Phi) is 5.85. The highest BCUT2D eigenvalue weighted by molar-refractivity contribution is 6.30. The summed E-state index contributed by atoms with van der Waals surface area (Å²) in [6, 6.07) is 6.14. The highest BCUT2D eigenvalue weighted by Gasteiger charge is 2.13. The van der Waals surface area contributed by atoms with Gasteiger partial charge < -0.3 is 9.53 Å². The van der Waals surface area contributed by atoms with Crippen LogP contribution < -0.4 is 0 Å². The van der Waals surface area contributed by atoms with Gasteiger partial charge in [-0.3, -0.25) is 0 Å². The molecule has 3 nitrogen and oxygen atoms in total. The van der Waals surface area contributed by atoms with Crippen LogP contribution in [0.15, 0.2) is 24.3 Å². The molecule has 0 spiro atoms. The quantitative estimate of drug-likeness (QED) is 0.452. The second-order valence-electron chi connectivity index (χ2n) is 3.75. The number of hydrogen-bond donors (Lipinski definition) is 0. The molecule has 6 heteroatoms. The minimum atomic E-state index is -1.63. The van der Waals surface area contributed by atoms with Crippen molar-refractivity contribution in [2.45, 2.75) is 18.4 Å². The van der Waals surface area contributed by atoms with Crippen molar-refractivity contribution in [2.75, 3.05) is 6.61 Å². The lowest BCUT2D eigenvalue weighted by Gasteiger charge is -2.12. The third kappa shape index (κ3) is 4.88. The zero-order valence-corrected chi connectivity index (χ0v) is 10.3. The van der Waals surface area contributed by atoms with Crippen molar-refractivity contribution < 1.29 is 18.7 Å². The maximum absolute atomic E-state index is 12.7. The van der Waals surface area contributed by atoms with Crippen LogP contribution in [-0.2, 0) is 9.53 Å². The van der Waals surface area contributed by atoms with Gasteiger partial charge >= 0.3 is 5.97 Å². The van der Waals surface area contributed by atoms with Crippen molar-refractivity contribution in [3.8, 4) is 0 Å². The fourth-order valence-corrected chi connectivity index (χ4v) is 1.39. The monoisotopic (exact) mass is 268 g/mol. The number of ether oxygens (including phenoxy) is 1. The summed E-state index contributed by atoms with van der Waals surface area (Å²) in [4.78, 5) is 21.6. The molecule has 94 valence electrons. The molecule has 0 fully saturated rings. The Morgan fingerprint density at radius 2 is 2.06 bits per heavy atom. The maximum atomic E-state index is 12.7. The van der Waals surface area contributed by atoms with E-state index in [1.165, 1.54) is 12.1 Å². The van der Waals surface area contributed by atoms with E-state index < -0.39 is 18.0 Å². The van der Waals surface area contributed by atoms with E-state index in [1.807, 2.05) is 0 Å². The van der Waals surface area contributed by atoms with E-state index in [4.69, 9.17) is 24.2 Å². The maximum Gasteiger partial charge on any atom is 0.338 e. The van der Waals surface area contributed by atoms with Gasteiger partial charge in [-0.05, 0) is 36.5 Å². The van der Waals surface area contributed by atoms with Gasteiger partial charge in [-0.1, -0.05) is 11.6 Å². The fraction of sp³-hybridized carbons (Fsp3) is 0.333. The standard InChI is InChI=1S/C12H11BClFO3/c13-9(5-11(15)6-16)7-18-12(17)8-1-3-10(14)4-2-8/h1-4,6,9,11H,5,7H2/t9-,11-/m0/s1. The summed E-state index contributed by atoms with van der Waals surface area (Å²) in [7, 11) is 5.50. The van der Waals surface area contributed by atoms with Gasteiger partial charge in [-0.15, -0.1) is 0 Å². The molecule has 18 heavy (non-hydrogen) atoms. The lowest BCUT2D eigenvalue weighted by molar-refractivity contribution is -0.112. The number of hydrogen-bond acceptors (Lipinski definition) is 3. The Balaban J connectivity index is 2.41. The van der Waals surface area contributed by atoms with Gasteiger partial charge in [0.15, 0.2) is 12.5 Å². The van der Waals surface area contributed by atoms with Crippen LogP contribution in [0.4, 0.5) is 4.39 Å². The molecule has 0 saturated heterocycles. The number of rotatable bonds is 6. The van der Waals surface area contributed by atoms with Crippen molar-refractivity contribution in [1.82, 2.24) is 0 Å². The summed E-state index contributed by atoms with van der Waals surface area (Å²) < 4.78 is 17.6. The summed E-state index contributed by atoms with van der Waals surface area (Å²) in [6.45, 7) is -0.143. The van der Waals surface area contributed by atoms with Gasteiger partial charge in [-0.2, -0.15) is 0 Å². The summed E-state index contributed by atoms with van der Waals surface area (Å²) in [5.74, 6) is -1.27. The Morgan fingerprint density at radius 3 is 2.61 bits per heavy atom. The molecule has 0 heterocycles. The van der Waals surface area contributed by atoms with Crippen LogP contribution in [-0.4, -0.2) is 32.9 Å². The highest BCUT2D eigenvalue weighted by Crippen LogP contribution is 2.14. The van der Waals surface area contributed by atoms with Crippen LogP contribution in [0.1, 0.15) is 16.8 Å². The molecular formula is C12H11BClFO3. The van der Waals surface area contributed by atoms with E-state index in [1.54, 1.807) is 12.1 Å². The largest absolute Gasteiger partial charge is 0.463 e. The molecule has 1 rings (SSSR count). The van der Waals surface area contributed by atoms with E-state index in [9.17, 15) is 14.0 Å². The van der Waals surface area contributed by atoms with Gasteiger partial charge in [-0.25, -0.2) is 9.18 Å². The number of alkyl halides is 1. The van der Waals surface area contributed by atoms with E-state index in [0.29, 0.717) is 10.6 Å². The Bertz CT molecular complexity index is 410. The van der Waals surface area contributed by atoms with Crippen molar-refractivity contribution in [2.24, 2.45) is 0 Å². The zero-order chi connectivity index (χ0) is 13.5. The van der Waals surface area contributed by atoms with E-state index in [2.05, 4.69) is 0 Å². The second-order valence-corrected chi connectivity index (χ2v) is 4.19. The topological polar surface area (TPSA) is 43.4 Å². The molecule has 0 aliphatic rings. The average molecular weight is 268 g/mol. The first-order valence-electron chi connectivity index (χ1n) is 5.30. The van der Waals surface area contributed by atoms with Gasteiger partial charge in [0.05, 0.1) is 20.0 Å². The first kappa shape index (κ1) is 14.7. The van der Waals surface area contributed by atoms with E-state index >= 15 is 0 Å². The molecule has 0 N–H and O–H groups in total. The van der Waals surface area contributed by atoms with Crippen molar-refractivity contribution >= 4 is 31.7 Å². The normalized spacial score (nSPS) is 13.7. The first-order valence-corrected chi connectivity index (χ1v) is 5.68. The van der Waals surface area contributed by atoms with Gasteiger partial charge in [0, 0.05) is 5.02 Å². The Hall–Kier alpha value is -1.36. The van der Waals surface area contributed by atoms with Crippen LogP contribution in [0.3, 0.4) is 0 Å². The van der Waals surface area contributed by atoms with Gasteiger partial charge in [0.2, 0.25) is 0 Å². The molecule has 0 bridgehead atoms. The van der Waals surface area contributed by atoms with Gasteiger partial charge in [0.1, 0.15) is 0 Å². The summed E-state index contributed by atoms with van der Waals surface area (Å²) in [5, 5.41) is 0.509. The zero-order valence-electron chi connectivity index (χ0n) is 9.51. The van der Waals surface area contributed by atoms with Crippen LogP contribution in [0.5, 0.6) is 0 Å². The smallest absolute Gasteiger partial charge is 0.338 e. The summed E-state index contributed by atoms with van der Waals surface area (Å²) in [6.07, 6.45) is -1.63. The molecule has 0 unspecified atom stereocenters. The molecule has 0 aromatic heterocycles. The molecule has 1 aromatic carbocycles. The lowest BCUT2D eigenvalue weighted by atomic mass is 9.84. The minimum absolute atomic E-state index is 0.143. The molecule has 0 aliphatic carbocycles. The molecule has 2 radical (unpaired) electrons. The number of carbonyl (C=O) groups excluding carboxylic acids is 2. The fourth-order valence-electron chi connectivity index (χ4n) is 1.26. The van der Waals surface area contributed by atoms with Crippen LogP contribution in [0.25, 0.3) is 0 Å². The third-order valence-corrected chi connectivity index (χ3v) is 2.44. The van der Waals surface area contributed by atoms with Crippen LogP contribution >= 0.6 is 11.6 Å². The lowest BCUT2D eigenvalue weighted by Crippen LogP contribution is -2.15. The predicted octanol–water partition coefficient (Wildman–Crippen LogP) is 2.38. The summed E-state index contributed by atoms with van der Waals surface area (Å²) >= 11 is 5.67. The van der Waals surface area contributed by atoms with Crippen molar-refractivity contribution in [3.63, 3.8) is 0 Å². The number of halogens is 2. The van der Waals surface area contributed by atoms with Crippen molar-refractivity contribution in [3.05, 3.63) is 34.9 Å². The average Bonchev–Trinajstić information content (AvgIpc) is 2.36. The number of aldehydes is 1. The molecule has 0 aliphatic heterocycles. The molecule has 0 saturated carbocycles. The molecule has 2 atom stereocenters.